The van der Waals surface area contributed by atoms with Gasteiger partial charge in [-0.15, -0.1) is 0 Å². The molecule has 1 saturated carbocycles. The summed E-state index contributed by atoms with van der Waals surface area (Å²) in [6, 6.07) is 6.31. The van der Waals surface area contributed by atoms with Gasteiger partial charge >= 0.3 is 6.18 Å². The molecule has 1 aromatic carbocycles. The minimum Gasteiger partial charge on any atom is -0.490 e. The highest BCUT2D eigenvalue weighted by Gasteiger charge is 2.32. The van der Waals surface area contributed by atoms with Gasteiger partial charge in [-0.05, 0) is 43.2 Å². The van der Waals surface area contributed by atoms with Gasteiger partial charge in [0, 0.05) is 5.56 Å². The van der Waals surface area contributed by atoms with E-state index >= 15 is 0 Å². The minimum atomic E-state index is -4.47. The minimum absolute atomic E-state index is 0.0107. The molecule has 0 aliphatic heterocycles. The number of hydrogen-bond acceptors (Lipinski definition) is 3. The SMILES string of the molecule is O=Cc1ccc(-c2cc(OC3CC3)cc(C(F)(F)F)c2)o1. The maximum atomic E-state index is 12.9. The van der Waals surface area contributed by atoms with Crippen LogP contribution in [0.2, 0.25) is 0 Å². The lowest BCUT2D eigenvalue weighted by atomic mass is 10.1. The maximum Gasteiger partial charge on any atom is 0.416 e. The first-order valence-corrected chi connectivity index (χ1v) is 6.40. The quantitative estimate of drug-likeness (QED) is 0.789. The average Bonchev–Trinajstić information content (AvgIpc) is 3.11. The van der Waals surface area contributed by atoms with Crippen LogP contribution in [0.5, 0.6) is 5.75 Å². The van der Waals surface area contributed by atoms with Crippen LogP contribution in [0.25, 0.3) is 11.3 Å². The third kappa shape index (κ3) is 3.09. The molecule has 2 aromatic rings. The third-order valence-electron chi connectivity index (χ3n) is 3.09. The molecule has 1 aliphatic carbocycles. The molecular formula is C15H11F3O3. The smallest absolute Gasteiger partial charge is 0.416 e. The van der Waals surface area contributed by atoms with Crippen molar-refractivity contribution in [1.82, 2.24) is 0 Å². The number of hydrogen-bond donors (Lipinski definition) is 0. The van der Waals surface area contributed by atoms with Crippen LogP contribution in [-0.2, 0) is 6.18 Å². The second-order valence-corrected chi connectivity index (χ2v) is 4.88. The molecule has 1 aliphatic rings. The van der Waals surface area contributed by atoms with Crippen LogP contribution in [0.3, 0.4) is 0 Å². The molecule has 1 aromatic heterocycles. The van der Waals surface area contributed by atoms with Gasteiger partial charge in [-0.25, -0.2) is 0 Å². The van der Waals surface area contributed by atoms with Gasteiger partial charge in [0.15, 0.2) is 12.0 Å². The highest BCUT2D eigenvalue weighted by molar-refractivity contribution is 5.73. The van der Waals surface area contributed by atoms with Gasteiger partial charge in [-0.3, -0.25) is 4.79 Å². The van der Waals surface area contributed by atoms with Gasteiger partial charge < -0.3 is 9.15 Å². The Balaban J connectivity index is 2.02. The molecule has 3 nitrogen and oxygen atoms in total. The Bertz CT molecular complexity index is 669. The van der Waals surface area contributed by atoms with Crippen LogP contribution in [-0.4, -0.2) is 12.4 Å². The van der Waals surface area contributed by atoms with E-state index in [1.165, 1.54) is 18.2 Å². The first-order valence-electron chi connectivity index (χ1n) is 6.40. The zero-order valence-corrected chi connectivity index (χ0v) is 10.8. The first-order chi connectivity index (χ1) is 9.95. The van der Waals surface area contributed by atoms with Gasteiger partial charge in [0.05, 0.1) is 11.7 Å². The molecule has 0 unspecified atom stereocenters. The Morgan fingerprint density at radius 2 is 1.95 bits per heavy atom. The number of benzene rings is 1. The predicted molar refractivity (Wildman–Crippen MR) is 68.2 cm³/mol. The van der Waals surface area contributed by atoms with E-state index in [-0.39, 0.29) is 28.9 Å². The van der Waals surface area contributed by atoms with E-state index < -0.39 is 11.7 Å². The van der Waals surface area contributed by atoms with Crippen molar-refractivity contribution < 1.29 is 27.1 Å². The van der Waals surface area contributed by atoms with Gasteiger partial charge in [0.2, 0.25) is 0 Å². The second kappa shape index (κ2) is 4.95. The summed E-state index contributed by atoms with van der Waals surface area (Å²) in [6.07, 6.45) is -2.29. The summed E-state index contributed by atoms with van der Waals surface area (Å²) in [7, 11) is 0. The molecule has 1 fully saturated rings. The summed E-state index contributed by atoms with van der Waals surface area (Å²) >= 11 is 0. The first kappa shape index (κ1) is 13.7. The lowest BCUT2D eigenvalue weighted by Gasteiger charge is -2.12. The summed E-state index contributed by atoms with van der Waals surface area (Å²) in [5, 5.41) is 0. The van der Waals surface area contributed by atoms with E-state index in [1.54, 1.807) is 0 Å². The van der Waals surface area contributed by atoms with Crippen molar-refractivity contribution in [1.29, 1.82) is 0 Å². The zero-order chi connectivity index (χ0) is 15.0. The molecule has 21 heavy (non-hydrogen) atoms. The number of carbonyl (C=O) groups excluding carboxylic acids is 1. The number of rotatable bonds is 4. The zero-order valence-electron chi connectivity index (χ0n) is 10.8. The fraction of sp³-hybridized carbons (Fsp3) is 0.267. The number of halogens is 3. The van der Waals surface area contributed by atoms with Crippen molar-refractivity contribution in [3.05, 3.63) is 41.7 Å². The molecule has 0 saturated heterocycles. The molecule has 0 spiro atoms. The lowest BCUT2D eigenvalue weighted by Crippen LogP contribution is -2.06. The Labute approximate surface area is 118 Å². The van der Waals surface area contributed by atoms with E-state index in [4.69, 9.17) is 9.15 Å². The molecule has 3 rings (SSSR count). The monoisotopic (exact) mass is 296 g/mol. The largest absolute Gasteiger partial charge is 0.490 e. The van der Waals surface area contributed by atoms with E-state index in [1.807, 2.05) is 0 Å². The van der Waals surface area contributed by atoms with Gasteiger partial charge in [0.1, 0.15) is 11.5 Å². The van der Waals surface area contributed by atoms with E-state index in [0.29, 0.717) is 6.29 Å². The van der Waals surface area contributed by atoms with Crippen LogP contribution in [0, 0.1) is 0 Å². The van der Waals surface area contributed by atoms with Crippen LogP contribution in [0.15, 0.2) is 34.7 Å². The lowest BCUT2D eigenvalue weighted by molar-refractivity contribution is -0.137. The van der Waals surface area contributed by atoms with Crippen molar-refractivity contribution in [3.63, 3.8) is 0 Å². The Kier molecular flexibility index (Phi) is 3.23. The van der Waals surface area contributed by atoms with Crippen LogP contribution in [0.4, 0.5) is 13.2 Å². The molecule has 0 N–H and O–H groups in total. The highest BCUT2D eigenvalue weighted by Crippen LogP contribution is 2.37. The van der Waals surface area contributed by atoms with Crippen molar-refractivity contribution in [2.45, 2.75) is 25.1 Å². The van der Waals surface area contributed by atoms with Crippen molar-refractivity contribution in [2.75, 3.05) is 0 Å². The molecule has 0 radical (unpaired) electrons. The Morgan fingerprint density at radius 3 is 2.52 bits per heavy atom. The average molecular weight is 296 g/mol. The molecular weight excluding hydrogens is 285 g/mol. The summed E-state index contributed by atoms with van der Waals surface area (Å²) in [5.41, 5.74) is -0.576. The van der Waals surface area contributed by atoms with Gasteiger partial charge in [0.25, 0.3) is 0 Å². The summed E-state index contributed by atoms with van der Waals surface area (Å²) < 4.78 is 49.5. The fourth-order valence-corrected chi connectivity index (χ4v) is 1.92. The van der Waals surface area contributed by atoms with Crippen molar-refractivity contribution >= 4 is 6.29 Å². The molecule has 0 amide bonds. The molecule has 6 heteroatoms. The third-order valence-corrected chi connectivity index (χ3v) is 3.09. The molecule has 0 bridgehead atoms. The number of furan rings is 1. The Morgan fingerprint density at radius 1 is 1.19 bits per heavy atom. The van der Waals surface area contributed by atoms with E-state index in [9.17, 15) is 18.0 Å². The summed E-state index contributed by atoms with van der Waals surface area (Å²) in [5.74, 6) is 0.419. The van der Waals surface area contributed by atoms with Crippen LogP contribution >= 0.6 is 0 Å². The van der Waals surface area contributed by atoms with Crippen molar-refractivity contribution in [3.8, 4) is 17.1 Å². The van der Waals surface area contributed by atoms with Crippen LogP contribution < -0.4 is 4.74 Å². The number of carbonyl (C=O) groups is 1. The normalized spacial score (nSPS) is 15.0. The van der Waals surface area contributed by atoms with E-state index in [2.05, 4.69) is 0 Å². The predicted octanol–water partition coefficient (Wildman–Crippen LogP) is 4.32. The highest BCUT2D eigenvalue weighted by atomic mass is 19.4. The second-order valence-electron chi connectivity index (χ2n) is 4.88. The van der Waals surface area contributed by atoms with Gasteiger partial charge in [-0.1, -0.05) is 0 Å². The number of aldehydes is 1. The van der Waals surface area contributed by atoms with E-state index in [0.717, 1.165) is 25.0 Å². The molecule has 1 heterocycles. The van der Waals surface area contributed by atoms with Crippen molar-refractivity contribution in [2.24, 2.45) is 0 Å². The molecule has 0 atom stereocenters. The number of ether oxygens (including phenoxy) is 1. The van der Waals surface area contributed by atoms with Gasteiger partial charge in [-0.2, -0.15) is 13.2 Å². The summed E-state index contributed by atoms with van der Waals surface area (Å²) in [4.78, 5) is 10.6. The summed E-state index contributed by atoms with van der Waals surface area (Å²) in [6.45, 7) is 0. The maximum absolute atomic E-state index is 12.9. The van der Waals surface area contributed by atoms with Crippen LogP contribution in [0.1, 0.15) is 29.0 Å². The standard InChI is InChI=1S/C15H11F3O3/c16-15(17,18)10-5-9(14-4-3-12(8-19)21-14)6-13(7-10)20-11-1-2-11/h3-8,11H,1-2H2. The fourth-order valence-electron chi connectivity index (χ4n) is 1.92. The number of alkyl halides is 3. The topological polar surface area (TPSA) is 39.4 Å². The molecule has 110 valence electrons. The Hall–Kier alpha value is -2.24.